The molecule has 0 amide bonds. The molecular weight excluding hydrogens is 314 g/mol. The first-order chi connectivity index (χ1) is 11.3. The van der Waals surface area contributed by atoms with Gasteiger partial charge < -0.3 is 9.47 Å². The fourth-order valence-corrected chi connectivity index (χ4v) is 2.69. The van der Waals surface area contributed by atoms with Crippen molar-refractivity contribution in [1.82, 2.24) is 4.98 Å². The summed E-state index contributed by atoms with van der Waals surface area (Å²) in [4.78, 5) is 8.53. The molecule has 2 heterocycles. The number of nitrogens with zero attached hydrogens (tertiary/aromatic N) is 2. The number of hydrogen-bond donors (Lipinski definition) is 0. The van der Waals surface area contributed by atoms with Crippen LogP contribution in [0.4, 0.5) is 8.78 Å². The van der Waals surface area contributed by atoms with E-state index in [1.165, 1.54) is 6.20 Å². The zero-order valence-corrected chi connectivity index (χ0v) is 13.9. The van der Waals surface area contributed by atoms with E-state index in [0.29, 0.717) is 28.3 Å². The van der Waals surface area contributed by atoms with Gasteiger partial charge in [-0.1, -0.05) is 0 Å². The Morgan fingerprint density at radius 3 is 2.58 bits per heavy atom. The van der Waals surface area contributed by atoms with E-state index in [-0.39, 0.29) is 5.69 Å². The Morgan fingerprint density at radius 2 is 1.96 bits per heavy atom. The van der Waals surface area contributed by atoms with Crippen LogP contribution in [0.15, 0.2) is 35.5 Å². The third-order valence-corrected chi connectivity index (χ3v) is 3.78. The SMILES string of the molecule is COc1ccc2c(c1)OC(C)(C)N=C2c1cnc(C(F)F)c(C)c1. The van der Waals surface area contributed by atoms with Crippen LogP contribution in [-0.4, -0.2) is 23.5 Å². The lowest BCUT2D eigenvalue weighted by Gasteiger charge is -2.30. The quantitative estimate of drug-likeness (QED) is 0.841. The van der Waals surface area contributed by atoms with Crippen LogP contribution >= 0.6 is 0 Å². The highest BCUT2D eigenvalue weighted by molar-refractivity contribution is 6.15. The van der Waals surface area contributed by atoms with E-state index in [1.54, 1.807) is 26.2 Å². The van der Waals surface area contributed by atoms with Crippen molar-refractivity contribution < 1.29 is 18.3 Å². The maximum Gasteiger partial charge on any atom is 0.280 e. The number of aromatic nitrogens is 1. The molecule has 0 spiro atoms. The second-order valence-electron chi connectivity index (χ2n) is 6.10. The minimum Gasteiger partial charge on any atom is -0.497 e. The molecule has 3 rings (SSSR count). The van der Waals surface area contributed by atoms with E-state index in [2.05, 4.69) is 9.98 Å². The number of halogens is 2. The highest BCUT2D eigenvalue weighted by Crippen LogP contribution is 2.35. The van der Waals surface area contributed by atoms with Crippen molar-refractivity contribution in [1.29, 1.82) is 0 Å². The largest absolute Gasteiger partial charge is 0.497 e. The third kappa shape index (κ3) is 2.96. The standard InChI is InChI=1S/C18H18F2N2O2/c1-10-7-11(9-21-15(10)17(19)20)16-13-6-5-12(23-4)8-14(13)24-18(2,3)22-16/h5-9,17H,1-4H3. The number of alkyl halides is 2. The van der Waals surface area contributed by atoms with Gasteiger partial charge in [0, 0.05) is 23.4 Å². The summed E-state index contributed by atoms with van der Waals surface area (Å²) in [6.45, 7) is 5.30. The van der Waals surface area contributed by atoms with Gasteiger partial charge in [0.2, 0.25) is 0 Å². The molecule has 126 valence electrons. The normalized spacial score (nSPS) is 15.5. The molecule has 4 nitrogen and oxygen atoms in total. The van der Waals surface area contributed by atoms with Crippen molar-refractivity contribution in [3.63, 3.8) is 0 Å². The Balaban J connectivity index is 2.13. The minimum atomic E-state index is -2.59. The summed E-state index contributed by atoms with van der Waals surface area (Å²) in [7, 11) is 1.58. The van der Waals surface area contributed by atoms with E-state index < -0.39 is 12.2 Å². The molecule has 1 aromatic heterocycles. The first-order valence-corrected chi connectivity index (χ1v) is 7.53. The lowest BCUT2D eigenvalue weighted by atomic mass is 9.98. The fraction of sp³-hybridized carbons (Fsp3) is 0.333. The van der Waals surface area contributed by atoms with Gasteiger partial charge >= 0.3 is 0 Å². The minimum absolute atomic E-state index is 0.208. The summed E-state index contributed by atoms with van der Waals surface area (Å²) in [5, 5.41) is 0. The number of benzene rings is 1. The van der Waals surface area contributed by atoms with Crippen LogP contribution in [0.2, 0.25) is 0 Å². The van der Waals surface area contributed by atoms with Gasteiger partial charge in [0.15, 0.2) is 5.72 Å². The summed E-state index contributed by atoms with van der Waals surface area (Å²) < 4.78 is 37.0. The van der Waals surface area contributed by atoms with E-state index in [4.69, 9.17) is 9.47 Å². The van der Waals surface area contributed by atoms with Crippen LogP contribution in [0.25, 0.3) is 0 Å². The second-order valence-corrected chi connectivity index (χ2v) is 6.10. The molecule has 1 aromatic carbocycles. The van der Waals surface area contributed by atoms with Gasteiger partial charge in [-0.05, 0) is 44.5 Å². The van der Waals surface area contributed by atoms with E-state index in [0.717, 1.165) is 5.56 Å². The predicted molar refractivity (Wildman–Crippen MR) is 87.3 cm³/mol. The Kier molecular flexibility index (Phi) is 3.99. The summed E-state index contributed by atoms with van der Waals surface area (Å²) in [5.41, 5.74) is 1.58. The van der Waals surface area contributed by atoms with Crippen molar-refractivity contribution >= 4 is 5.71 Å². The maximum atomic E-state index is 12.9. The molecular formula is C18H18F2N2O2. The number of fused-ring (bicyclic) bond motifs is 1. The molecule has 0 N–H and O–H groups in total. The highest BCUT2D eigenvalue weighted by atomic mass is 19.3. The van der Waals surface area contributed by atoms with Crippen LogP contribution in [0.3, 0.4) is 0 Å². The van der Waals surface area contributed by atoms with E-state index >= 15 is 0 Å². The fourth-order valence-electron chi connectivity index (χ4n) is 2.69. The summed E-state index contributed by atoms with van der Waals surface area (Å²) in [6.07, 6.45) is -1.16. The van der Waals surface area contributed by atoms with Gasteiger partial charge in [0.25, 0.3) is 6.43 Å². The number of ether oxygens (including phenoxy) is 2. The molecule has 1 aliphatic rings. The highest BCUT2D eigenvalue weighted by Gasteiger charge is 2.29. The number of aliphatic imine (C=N–C) groups is 1. The molecule has 0 saturated carbocycles. The molecule has 2 aromatic rings. The molecule has 0 bridgehead atoms. The molecule has 0 fully saturated rings. The first kappa shape index (κ1) is 16.4. The molecule has 6 heteroatoms. The molecule has 0 atom stereocenters. The van der Waals surface area contributed by atoms with Gasteiger partial charge in [-0.3, -0.25) is 4.98 Å². The van der Waals surface area contributed by atoms with Crippen molar-refractivity contribution in [3.05, 3.63) is 52.8 Å². The van der Waals surface area contributed by atoms with Crippen LogP contribution < -0.4 is 9.47 Å². The van der Waals surface area contributed by atoms with Crippen molar-refractivity contribution in [2.45, 2.75) is 32.9 Å². The monoisotopic (exact) mass is 332 g/mol. The lowest BCUT2D eigenvalue weighted by molar-refractivity contribution is 0.115. The number of hydrogen-bond acceptors (Lipinski definition) is 4. The Morgan fingerprint density at radius 1 is 1.21 bits per heavy atom. The van der Waals surface area contributed by atoms with Crippen LogP contribution in [0.1, 0.15) is 42.7 Å². The predicted octanol–water partition coefficient (Wildman–Crippen LogP) is 4.30. The first-order valence-electron chi connectivity index (χ1n) is 7.53. The molecule has 0 aliphatic carbocycles. The Hall–Kier alpha value is -2.50. The maximum absolute atomic E-state index is 12.9. The topological polar surface area (TPSA) is 43.7 Å². The van der Waals surface area contributed by atoms with E-state index in [9.17, 15) is 8.78 Å². The Bertz CT molecular complexity index is 817. The second kappa shape index (κ2) is 5.85. The van der Waals surface area contributed by atoms with Gasteiger partial charge in [-0.15, -0.1) is 0 Å². The molecule has 0 unspecified atom stereocenters. The Labute approximate surface area is 139 Å². The van der Waals surface area contributed by atoms with E-state index in [1.807, 2.05) is 26.0 Å². The van der Waals surface area contributed by atoms with Gasteiger partial charge in [-0.2, -0.15) is 0 Å². The van der Waals surface area contributed by atoms with Gasteiger partial charge in [0.05, 0.1) is 12.8 Å². The number of aryl methyl sites for hydroxylation is 1. The average molecular weight is 332 g/mol. The van der Waals surface area contributed by atoms with Gasteiger partial charge in [-0.25, -0.2) is 13.8 Å². The van der Waals surface area contributed by atoms with Crippen LogP contribution in [0, 0.1) is 6.92 Å². The molecule has 0 saturated heterocycles. The molecule has 1 aliphatic heterocycles. The smallest absolute Gasteiger partial charge is 0.280 e. The van der Waals surface area contributed by atoms with Crippen LogP contribution in [0.5, 0.6) is 11.5 Å². The average Bonchev–Trinajstić information content (AvgIpc) is 2.52. The summed E-state index contributed by atoms with van der Waals surface area (Å²) >= 11 is 0. The van der Waals surface area contributed by atoms with Crippen molar-refractivity contribution in [3.8, 4) is 11.5 Å². The number of pyridine rings is 1. The zero-order valence-electron chi connectivity index (χ0n) is 13.9. The molecule has 24 heavy (non-hydrogen) atoms. The third-order valence-electron chi connectivity index (χ3n) is 3.78. The zero-order chi connectivity index (χ0) is 17.5. The van der Waals surface area contributed by atoms with Gasteiger partial charge in [0.1, 0.15) is 17.2 Å². The number of rotatable bonds is 3. The molecule has 0 radical (unpaired) electrons. The summed E-state index contributed by atoms with van der Waals surface area (Å²) in [6, 6.07) is 7.13. The van der Waals surface area contributed by atoms with Crippen LogP contribution in [-0.2, 0) is 0 Å². The number of methoxy groups -OCH3 is 1. The summed E-state index contributed by atoms with van der Waals surface area (Å²) in [5.74, 6) is 1.31. The van der Waals surface area contributed by atoms with Crippen molar-refractivity contribution in [2.75, 3.05) is 7.11 Å². The lowest BCUT2D eigenvalue weighted by Crippen LogP contribution is -2.32. The van der Waals surface area contributed by atoms with Crippen molar-refractivity contribution in [2.24, 2.45) is 4.99 Å².